The Kier molecular flexibility index (Phi) is 5.59. The molecule has 2 atom stereocenters. The average Bonchev–Trinajstić information content (AvgIpc) is 3.58. The van der Waals surface area contributed by atoms with E-state index in [4.69, 9.17) is 4.74 Å². The molecule has 29 heavy (non-hydrogen) atoms. The van der Waals surface area contributed by atoms with Crippen molar-refractivity contribution in [3.63, 3.8) is 0 Å². The van der Waals surface area contributed by atoms with Gasteiger partial charge in [-0.2, -0.15) is 0 Å². The third-order valence-corrected chi connectivity index (χ3v) is 6.32. The Morgan fingerprint density at radius 2 is 1.86 bits per heavy atom. The maximum Gasteiger partial charge on any atom is 0.411 e. The zero-order valence-corrected chi connectivity index (χ0v) is 16.8. The first kappa shape index (κ1) is 19.9. The van der Waals surface area contributed by atoms with Gasteiger partial charge in [0.1, 0.15) is 11.4 Å². The van der Waals surface area contributed by atoms with Crippen molar-refractivity contribution in [3.8, 4) is 0 Å². The molecule has 1 saturated heterocycles. The molecule has 2 aromatic carbocycles. The Bertz CT molecular complexity index is 847. The number of aliphatic hydroxyl groups is 1. The summed E-state index contributed by atoms with van der Waals surface area (Å²) in [5.74, 6) is 0.389. The van der Waals surface area contributed by atoms with Crippen molar-refractivity contribution < 1.29 is 19.0 Å². The molecule has 154 valence electrons. The van der Waals surface area contributed by atoms with Crippen LogP contribution in [0.1, 0.15) is 67.7 Å². The van der Waals surface area contributed by atoms with Crippen molar-refractivity contribution >= 4 is 6.09 Å². The maximum atomic E-state index is 13.4. The fourth-order valence-corrected chi connectivity index (χ4v) is 4.31. The standard InChI is InChI=1S/C24H28FNO3/c1-17(18-3-5-19(6-4-18)20-7-8-20)26-15-14-24(13-2-16-27,29-23(26)28)21-9-11-22(25)12-10-21/h3-6,9-12,17,20,27H,2,7-8,13-16H2,1H3. The van der Waals surface area contributed by atoms with Crippen molar-refractivity contribution in [2.75, 3.05) is 13.2 Å². The highest BCUT2D eigenvalue weighted by Crippen LogP contribution is 2.42. The molecule has 2 unspecified atom stereocenters. The molecule has 2 aromatic rings. The van der Waals surface area contributed by atoms with Crippen molar-refractivity contribution in [2.45, 2.75) is 56.6 Å². The van der Waals surface area contributed by atoms with E-state index in [-0.39, 0.29) is 24.6 Å². The van der Waals surface area contributed by atoms with Crippen molar-refractivity contribution in [1.82, 2.24) is 4.90 Å². The van der Waals surface area contributed by atoms with E-state index >= 15 is 0 Å². The summed E-state index contributed by atoms with van der Waals surface area (Å²) in [6.45, 7) is 2.59. The van der Waals surface area contributed by atoms with Crippen LogP contribution < -0.4 is 0 Å². The summed E-state index contributed by atoms with van der Waals surface area (Å²) >= 11 is 0. The first-order valence-electron chi connectivity index (χ1n) is 10.5. The molecule has 0 spiro atoms. The van der Waals surface area contributed by atoms with Gasteiger partial charge in [0.25, 0.3) is 0 Å². The molecule has 1 heterocycles. The zero-order valence-electron chi connectivity index (χ0n) is 16.8. The van der Waals surface area contributed by atoms with Gasteiger partial charge in [0.05, 0.1) is 6.04 Å². The molecule has 1 N–H and O–H groups in total. The van der Waals surface area contributed by atoms with E-state index in [1.165, 1.54) is 30.5 Å². The number of benzene rings is 2. The molecular weight excluding hydrogens is 369 g/mol. The second kappa shape index (κ2) is 8.15. The van der Waals surface area contributed by atoms with Crippen LogP contribution in [0, 0.1) is 5.82 Å². The Morgan fingerprint density at radius 3 is 2.45 bits per heavy atom. The second-order valence-corrected chi connectivity index (χ2v) is 8.26. The summed E-state index contributed by atoms with van der Waals surface area (Å²) in [4.78, 5) is 14.7. The van der Waals surface area contributed by atoms with Crippen LogP contribution in [0.15, 0.2) is 48.5 Å². The van der Waals surface area contributed by atoms with E-state index < -0.39 is 5.60 Å². The van der Waals surface area contributed by atoms with Gasteiger partial charge >= 0.3 is 6.09 Å². The van der Waals surface area contributed by atoms with Crippen LogP contribution in [0.4, 0.5) is 9.18 Å². The molecule has 1 saturated carbocycles. The molecule has 0 radical (unpaired) electrons. The highest BCUT2D eigenvalue weighted by Gasteiger charge is 2.43. The Balaban J connectivity index is 1.51. The molecule has 0 bridgehead atoms. The highest BCUT2D eigenvalue weighted by atomic mass is 19.1. The lowest BCUT2D eigenvalue weighted by Gasteiger charge is -2.43. The van der Waals surface area contributed by atoms with Crippen LogP contribution >= 0.6 is 0 Å². The summed E-state index contributed by atoms with van der Waals surface area (Å²) in [7, 11) is 0. The molecule has 4 nitrogen and oxygen atoms in total. The van der Waals surface area contributed by atoms with Crippen LogP contribution in [-0.2, 0) is 10.3 Å². The second-order valence-electron chi connectivity index (χ2n) is 8.26. The van der Waals surface area contributed by atoms with E-state index in [0.717, 1.165) is 11.1 Å². The third kappa shape index (κ3) is 4.15. The molecule has 0 aromatic heterocycles. The smallest absolute Gasteiger partial charge is 0.411 e. The molecule has 1 aliphatic heterocycles. The Morgan fingerprint density at radius 1 is 1.17 bits per heavy atom. The first-order chi connectivity index (χ1) is 14.0. The molecule has 5 heteroatoms. The van der Waals surface area contributed by atoms with Gasteiger partial charge in [-0.3, -0.25) is 0 Å². The number of hydrogen-bond acceptors (Lipinski definition) is 3. The molecule has 4 rings (SSSR count). The number of amides is 1. The number of halogens is 1. The predicted molar refractivity (Wildman–Crippen MR) is 109 cm³/mol. The number of nitrogens with zero attached hydrogens (tertiary/aromatic N) is 1. The maximum absolute atomic E-state index is 13.4. The van der Waals surface area contributed by atoms with Crippen molar-refractivity contribution in [2.24, 2.45) is 0 Å². The lowest BCUT2D eigenvalue weighted by atomic mass is 9.84. The van der Waals surface area contributed by atoms with Gasteiger partial charge in [-0.05, 0) is 67.3 Å². The number of ether oxygens (including phenoxy) is 1. The fraction of sp³-hybridized carbons (Fsp3) is 0.458. The molecule has 1 amide bonds. The van der Waals surface area contributed by atoms with Gasteiger partial charge in [-0.1, -0.05) is 36.4 Å². The normalized spacial score (nSPS) is 23.0. The van der Waals surface area contributed by atoms with Gasteiger partial charge in [0.2, 0.25) is 0 Å². The SMILES string of the molecule is CC(c1ccc(C2CC2)cc1)N1CCC(CCCO)(c2ccc(F)cc2)OC1=O. The molecular formula is C24H28FNO3. The summed E-state index contributed by atoms with van der Waals surface area (Å²) in [5, 5.41) is 9.31. The monoisotopic (exact) mass is 397 g/mol. The lowest BCUT2D eigenvalue weighted by molar-refractivity contribution is -0.0680. The van der Waals surface area contributed by atoms with Gasteiger partial charge in [-0.15, -0.1) is 0 Å². The van der Waals surface area contributed by atoms with E-state index in [9.17, 15) is 14.3 Å². The zero-order chi connectivity index (χ0) is 20.4. The predicted octanol–water partition coefficient (Wildman–Crippen LogP) is 5.27. The minimum Gasteiger partial charge on any atom is -0.438 e. The van der Waals surface area contributed by atoms with Gasteiger partial charge in [0.15, 0.2) is 0 Å². The summed E-state index contributed by atoms with van der Waals surface area (Å²) in [5.41, 5.74) is 2.43. The fourth-order valence-electron chi connectivity index (χ4n) is 4.31. The first-order valence-corrected chi connectivity index (χ1v) is 10.5. The number of hydrogen-bond donors (Lipinski definition) is 1. The number of aliphatic hydroxyl groups excluding tert-OH is 1. The number of cyclic esters (lactones) is 1. The average molecular weight is 397 g/mol. The molecule has 2 fully saturated rings. The van der Waals surface area contributed by atoms with E-state index in [1.807, 2.05) is 6.92 Å². The van der Waals surface area contributed by atoms with Crippen LogP contribution in [0.2, 0.25) is 0 Å². The van der Waals surface area contributed by atoms with Crippen molar-refractivity contribution in [3.05, 3.63) is 71.0 Å². The quantitative estimate of drug-likeness (QED) is 0.692. The summed E-state index contributed by atoms with van der Waals surface area (Å²) in [6, 6.07) is 14.6. The minimum absolute atomic E-state index is 0.0218. The van der Waals surface area contributed by atoms with Crippen LogP contribution in [0.5, 0.6) is 0 Å². The van der Waals surface area contributed by atoms with Crippen LogP contribution in [0.3, 0.4) is 0 Å². The number of rotatable bonds is 7. The minimum atomic E-state index is -0.820. The van der Waals surface area contributed by atoms with E-state index in [0.29, 0.717) is 31.7 Å². The number of carbonyl (C=O) groups is 1. The Hall–Kier alpha value is -2.40. The highest BCUT2D eigenvalue weighted by molar-refractivity contribution is 5.70. The topological polar surface area (TPSA) is 49.8 Å². The molecule has 2 aliphatic rings. The Labute approximate surface area is 171 Å². The lowest BCUT2D eigenvalue weighted by Crippen LogP contribution is -2.48. The largest absolute Gasteiger partial charge is 0.438 e. The van der Waals surface area contributed by atoms with E-state index in [2.05, 4.69) is 24.3 Å². The van der Waals surface area contributed by atoms with E-state index in [1.54, 1.807) is 17.0 Å². The van der Waals surface area contributed by atoms with Crippen LogP contribution in [0.25, 0.3) is 0 Å². The van der Waals surface area contributed by atoms with Crippen molar-refractivity contribution in [1.29, 1.82) is 0 Å². The molecule has 1 aliphatic carbocycles. The summed E-state index contributed by atoms with van der Waals surface area (Å²) in [6.07, 6.45) is 3.81. The van der Waals surface area contributed by atoms with Gasteiger partial charge in [-0.25, -0.2) is 9.18 Å². The van der Waals surface area contributed by atoms with Gasteiger partial charge < -0.3 is 14.7 Å². The summed E-state index contributed by atoms with van der Waals surface area (Å²) < 4.78 is 19.4. The van der Waals surface area contributed by atoms with Crippen LogP contribution in [-0.4, -0.2) is 29.3 Å². The van der Waals surface area contributed by atoms with Gasteiger partial charge in [0, 0.05) is 19.6 Å². The number of carbonyl (C=O) groups excluding carboxylic acids is 1. The third-order valence-electron chi connectivity index (χ3n) is 6.32.